The van der Waals surface area contributed by atoms with Gasteiger partial charge in [0.15, 0.2) is 0 Å². The molecule has 1 heterocycles. The van der Waals surface area contributed by atoms with Gasteiger partial charge in [0.2, 0.25) is 0 Å². The van der Waals surface area contributed by atoms with Gasteiger partial charge in [-0.2, -0.15) is 0 Å². The number of halogens is 1. The zero-order chi connectivity index (χ0) is 14.5. The number of fused-ring (bicyclic) bond motifs is 1. The van der Waals surface area contributed by atoms with Crippen LogP contribution in [0.1, 0.15) is 26.1 Å². The summed E-state index contributed by atoms with van der Waals surface area (Å²) in [6, 6.07) is 8.94. The van der Waals surface area contributed by atoms with Crippen molar-refractivity contribution in [2.45, 2.75) is 39.3 Å². The van der Waals surface area contributed by atoms with Crippen molar-refractivity contribution in [1.29, 1.82) is 0 Å². The normalized spacial score (nSPS) is 13.2. The molecule has 2 rings (SSSR count). The molecule has 0 bridgehead atoms. The fraction of sp³-hybridized carbons (Fsp3) is 0.562. The van der Waals surface area contributed by atoms with Crippen LogP contribution < -0.4 is 0 Å². The number of para-hydroxylation sites is 2. The molecule has 4 heteroatoms. The summed E-state index contributed by atoms with van der Waals surface area (Å²) < 4.78 is 2.32. The summed E-state index contributed by atoms with van der Waals surface area (Å²) in [7, 11) is 2.19. The van der Waals surface area contributed by atoms with Crippen LogP contribution in [-0.4, -0.2) is 40.0 Å². The molecule has 0 aliphatic rings. The van der Waals surface area contributed by atoms with E-state index in [2.05, 4.69) is 48.6 Å². The van der Waals surface area contributed by atoms with Crippen molar-refractivity contribution in [3.05, 3.63) is 30.1 Å². The van der Waals surface area contributed by atoms with Gasteiger partial charge in [0.05, 0.1) is 11.0 Å². The van der Waals surface area contributed by atoms with Crippen LogP contribution in [0.2, 0.25) is 0 Å². The number of alkyl halides is 1. The summed E-state index contributed by atoms with van der Waals surface area (Å²) in [6.07, 6.45) is 2.00. The fourth-order valence-corrected chi connectivity index (χ4v) is 2.61. The maximum atomic E-state index is 5.91. The second-order valence-electron chi connectivity index (χ2n) is 5.35. The molecule has 0 saturated heterocycles. The highest BCUT2D eigenvalue weighted by atomic mass is 35.5. The quantitative estimate of drug-likeness (QED) is 0.728. The SMILES string of the molecule is CCC(C)N(C)CCn1c(CCCl)nc2ccccc21. The number of rotatable bonds is 7. The van der Waals surface area contributed by atoms with Crippen molar-refractivity contribution in [2.24, 2.45) is 0 Å². The minimum Gasteiger partial charge on any atom is -0.327 e. The first-order chi connectivity index (χ1) is 9.67. The molecule has 0 amide bonds. The molecule has 1 unspecified atom stereocenters. The molecule has 110 valence electrons. The smallest absolute Gasteiger partial charge is 0.111 e. The fourth-order valence-electron chi connectivity index (χ4n) is 2.44. The van der Waals surface area contributed by atoms with Gasteiger partial charge in [-0.3, -0.25) is 0 Å². The highest BCUT2D eigenvalue weighted by Crippen LogP contribution is 2.17. The number of likely N-dealkylation sites (N-methyl/N-ethyl adjacent to an activating group) is 1. The van der Waals surface area contributed by atoms with E-state index in [1.165, 1.54) is 11.9 Å². The predicted molar refractivity (Wildman–Crippen MR) is 86.5 cm³/mol. The Morgan fingerprint density at radius 2 is 2.10 bits per heavy atom. The molecule has 0 saturated carbocycles. The maximum Gasteiger partial charge on any atom is 0.111 e. The van der Waals surface area contributed by atoms with E-state index >= 15 is 0 Å². The Bertz CT molecular complexity index is 550. The minimum absolute atomic E-state index is 0.612. The molecule has 1 aromatic heterocycles. The maximum absolute atomic E-state index is 5.91. The zero-order valence-electron chi connectivity index (χ0n) is 12.6. The Balaban J connectivity index is 2.20. The van der Waals surface area contributed by atoms with Crippen molar-refractivity contribution >= 4 is 22.6 Å². The highest BCUT2D eigenvalue weighted by molar-refractivity contribution is 6.17. The first kappa shape index (κ1) is 15.3. The number of benzene rings is 1. The Morgan fingerprint density at radius 3 is 2.80 bits per heavy atom. The van der Waals surface area contributed by atoms with Crippen LogP contribution in [0.3, 0.4) is 0 Å². The first-order valence-electron chi connectivity index (χ1n) is 7.37. The van der Waals surface area contributed by atoms with Gasteiger partial charge in [-0.25, -0.2) is 4.98 Å². The number of hydrogen-bond donors (Lipinski definition) is 0. The van der Waals surface area contributed by atoms with Crippen molar-refractivity contribution in [2.75, 3.05) is 19.5 Å². The van der Waals surface area contributed by atoms with Crippen molar-refractivity contribution in [3.63, 3.8) is 0 Å². The summed E-state index contributed by atoms with van der Waals surface area (Å²) in [5, 5.41) is 0. The lowest BCUT2D eigenvalue weighted by molar-refractivity contribution is 0.242. The van der Waals surface area contributed by atoms with Crippen LogP contribution in [-0.2, 0) is 13.0 Å². The molecule has 1 atom stereocenters. The van der Waals surface area contributed by atoms with Crippen LogP contribution in [0.4, 0.5) is 0 Å². The molecule has 2 aromatic rings. The average Bonchev–Trinajstić information content (AvgIpc) is 2.81. The van der Waals surface area contributed by atoms with Crippen LogP contribution in [0.5, 0.6) is 0 Å². The molecular weight excluding hydrogens is 270 g/mol. The monoisotopic (exact) mass is 293 g/mol. The van der Waals surface area contributed by atoms with Gasteiger partial charge in [-0.1, -0.05) is 19.1 Å². The van der Waals surface area contributed by atoms with Crippen molar-refractivity contribution in [1.82, 2.24) is 14.5 Å². The molecule has 0 spiro atoms. The van der Waals surface area contributed by atoms with E-state index in [-0.39, 0.29) is 0 Å². The van der Waals surface area contributed by atoms with E-state index < -0.39 is 0 Å². The molecule has 0 N–H and O–H groups in total. The molecule has 0 fully saturated rings. The number of nitrogens with zero attached hydrogens (tertiary/aromatic N) is 3. The Morgan fingerprint density at radius 1 is 1.35 bits per heavy atom. The largest absolute Gasteiger partial charge is 0.327 e. The second kappa shape index (κ2) is 7.09. The Labute approximate surface area is 126 Å². The van der Waals surface area contributed by atoms with Crippen LogP contribution in [0.25, 0.3) is 11.0 Å². The summed E-state index contributed by atoms with van der Waals surface area (Å²) in [6.45, 7) is 6.50. The van der Waals surface area contributed by atoms with Crippen molar-refractivity contribution < 1.29 is 0 Å². The summed E-state index contributed by atoms with van der Waals surface area (Å²) in [5.41, 5.74) is 2.28. The highest BCUT2D eigenvalue weighted by Gasteiger charge is 2.12. The van der Waals surface area contributed by atoms with Crippen LogP contribution in [0, 0.1) is 0 Å². The summed E-state index contributed by atoms with van der Waals surface area (Å²) >= 11 is 5.91. The summed E-state index contributed by atoms with van der Waals surface area (Å²) in [5.74, 6) is 1.71. The molecule has 0 aliphatic carbocycles. The van der Waals surface area contributed by atoms with E-state index in [9.17, 15) is 0 Å². The molecular formula is C16H24ClN3. The third kappa shape index (κ3) is 3.33. The van der Waals surface area contributed by atoms with Gasteiger partial charge in [0, 0.05) is 31.4 Å². The third-order valence-corrected chi connectivity index (χ3v) is 4.26. The third-order valence-electron chi connectivity index (χ3n) is 4.07. The average molecular weight is 294 g/mol. The van der Waals surface area contributed by atoms with Gasteiger partial charge in [0.1, 0.15) is 5.82 Å². The Hall–Kier alpha value is -1.06. The number of aryl methyl sites for hydroxylation is 1. The lowest BCUT2D eigenvalue weighted by Gasteiger charge is -2.24. The standard InChI is InChI=1S/C16H24ClN3/c1-4-13(2)19(3)11-12-20-15-8-6-5-7-14(15)18-16(20)9-10-17/h5-8,13H,4,9-12H2,1-3H3. The van der Waals surface area contributed by atoms with E-state index in [1.807, 2.05) is 6.07 Å². The number of hydrogen-bond acceptors (Lipinski definition) is 2. The zero-order valence-corrected chi connectivity index (χ0v) is 13.4. The molecule has 3 nitrogen and oxygen atoms in total. The second-order valence-corrected chi connectivity index (χ2v) is 5.72. The van der Waals surface area contributed by atoms with Crippen LogP contribution >= 0.6 is 11.6 Å². The van der Waals surface area contributed by atoms with Crippen LogP contribution in [0.15, 0.2) is 24.3 Å². The van der Waals surface area contributed by atoms with Gasteiger partial charge in [-0.15, -0.1) is 11.6 Å². The lowest BCUT2D eigenvalue weighted by Crippen LogP contribution is -2.31. The van der Waals surface area contributed by atoms with E-state index in [1.54, 1.807) is 0 Å². The molecule has 20 heavy (non-hydrogen) atoms. The van der Waals surface area contributed by atoms with Gasteiger partial charge in [0.25, 0.3) is 0 Å². The predicted octanol–water partition coefficient (Wildman–Crippen LogP) is 3.55. The first-order valence-corrected chi connectivity index (χ1v) is 7.91. The van der Waals surface area contributed by atoms with Gasteiger partial charge >= 0.3 is 0 Å². The molecule has 1 aromatic carbocycles. The van der Waals surface area contributed by atoms with Crippen molar-refractivity contribution in [3.8, 4) is 0 Å². The molecule has 0 radical (unpaired) electrons. The lowest BCUT2D eigenvalue weighted by atomic mass is 10.2. The van der Waals surface area contributed by atoms with Gasteiger partial charge in [-0.05, 0) is 32.5 Å². The summed E-state index contributed by atoms with van der Waals surface area (Å²) in [4.78, 5) is 7.11. The van der Waals surface area contributed by atoms with Gasteiger partial charge < -0.3 is 9.47 Å². The van der Waals surface area contributed by atoms with E-state index in [4.69, 9.17) is 16.6 Å². The van der Waals surface area contributed by atoms with E-state index in [0.29, 0.717) is 11.9 Å². The minimum atomic E-state index is 0.612. The number of imidazole rings is 1. The van der Waals surface area contributed by atoms with E-state index in [0.717, 1.165) is 30.9 Å². The topological polar surface area (TPSA) is 21.1 Å². The molecule has 0 aliphatic heterocycles. The number of aromatic nitrogens is 2. The Kier molecular flexibility index (Phi) is 5.44.